The lowest BCUT2D eigenvalue weighted by atomic mass is 9.90. The average Bonchev–Trinajstić information content (AvgIpc) is 2.37. The number of amides is 1. The molecule has 20 heavy (non-hydrogen) atoms. The van der Waals surface area contributed by atoms with Crippen LogP contribution in [-0.2, 0) is 0 Å². The molecule has 1 unspecified atom stereocenters. The summed E-state index contributed by atoms with van der Waals surface area (Å²) in [6, 6.07) is 6.29. The number of halogens is 1. The molecule has 0 saturated carbocycles. The highest BCUT2D eigenvalue weighted by atomic mass is 35.5. The number of piperidine rings is 1. The Morgan fingerprint density at radius 1 is 1.20 bits per heavy atom. The number of nitrogens with zero attached hydrogens (tertiary/aromatic N) is 1. The van der Waals surface area contributed by atoms with Crippen molar-refractivity contribution in [3.63, 3.8) is 0 Å². The molecule has 1 atom stereocenters. The third kappa shape index (κ3) is 3.97. The Labute approximate surface area is 127 Å². The van der Waals surface area contributed by atoms with Crippen LogP contribution in [-0.4, -0.2) is 29.9 Å². The topological polar surface area (TPSA) is 46.3 Å². The molecule has 2 rings (SSSR count). The summed E-state index contributed by atoms with van der Waals surface area (Å²) in [5, 5.41) is 0. The fourth-order valence-corrected chi connectivity index (χ4v) is 2.91. The molecule has 0 aliphatic carbocycles. The van der Waals surface area contributed by atoms with E-state index in [1.165, 1.54) is 0 Å². The first kappa shape index (κ1) is 17.0. The van der Waals surface area contributed by atoms with Gasteiger partial charge in [0.1, 0.15) is 0 Å². The van der Waals surface area contributed by atoms with Gasteiger partial charge in [-0.3, -0.25) is 4.79 Å². The maximum absolute atomic E-state index is 12.5. The molecule has 3 nitrogen and oxygen atoms in total. The Balaban J connectivity index is 0.00000200. The molecule has 112 valence electrons. The van der Waals surface area contributed by atoms with Crippen molar-refractivity contribution in [2.24, 2.45) is 11.7 Å². The highest BCUT2D eigenvalue weighted by Gasteiger charge is 2.25. The Kier molecular flexibility index (Phi) is 6.03. The van der Waals surface area contributed by atoms with Gasteiger partial charge < -0.3 is 10.6 Å². The van der Waals surface area contributed by atoms with Gasteiger partial charge in [-0.1, -0.05) is 17.2 Å². The number of benzene rings is 1. The smallest absolute Gasteiger partial charge is 0.253 e. The van der Waals surface area contributed by atoms with Gasteiger partial charge in [-0.15, -0.1) is 12.4 Å². The summed E-state index contributed by atoms with van der Waals surface area (Å²) in [6.07, 6.45) is 2.04. The predicted octanol–water partition coefficient (Wildman–Crippen LogP) is 2.92. The first-order chi connectivity index (χ1) is 8.97. The van der Waals surface area contributed by atoms with Gasteiger partial charge in [0.2, 0.25) is 0 Å². The molecular formula is C16H25ClN2O. The lowest BCUT2D eigenvalue weighted by Gasteiger charge is -2.33. The predicted molar refractivity (Wildman–Crippen MR) is 85.4 cm³/mol. The van der Waals surface area contributed by atoms with E-state index in [9.17, 15) is 4.79 Å². The molecule has 1 fully saturated rings. The van der Waals surface area contributed by atoms with E-state index >= 15 is 0 Å². The number of aryl methyl sites for hydroxylation is 2. The monoisotopic (exact) mass is 296 g/mol. The molecule has 1 heterocycles. The second-order valence-corrected chi connectivity index (χ2v) is 5.87. The van der Waals surface area contributed by atoms with Crippen molar-refractivity contribution < 1.29 is 4.79 Å². The summed E-state index contributed by atoms with van der Waals surface area (Å²) in [4.78, 5) is 14.4. The third-order valence-electron chi connectivity index (χ3n) is 4.04. The molecule has 1 aliphatic heterocycles. The second kappa shape index (κ2) is 7.09. The Bertz CT molecular complexity index is 445. The zero-order valence-electron chi connectivity index (χ0n) is 12.6. The van der Waals surface area contributed by atoms with Crippen LogP contribution in [0.5, 0.6) is 0 Å². The van der Waals surface area contributed by atoms with Crippen LogP contribution in [0.4, 0.5) is 0 Å². The molecule has 2 N–H and O–H groups in total. The molecule has 0 spiro atoms. The number of carbonyl (C=O) groups is 1. The fraction of sp³-hybridized carbons (Fsp3) is 0.562. The van der Waals surface area contributed by atoms with Crippen LogP contribution < -0.4 is 5.73 Å². The second-order valence-electron chi connectivity index (χ2n) is 5.87. The van der Waals surface area contributed by atoms with Crippen molar-refractivity contribution in [1.29, 1.82) is 0 Å². The van der Waals surface area contributed by atoms with Crippen LogP contribution in [0, 0.1) is 19.8 Å². The molecular weight excluding hydrogens is 272 g/mol. The number of hydrogen-bond donors (Lipinski definition) is 1. The molecule has 1 amide bonds. The first-order valence-electron chi connectivity index (χ1n) is 7.10. The maximum Gasteiger partial charge on any atom is 0.253 e. The zero-order valence-corrected chi connectivity index (χ0v) is 13.4. The highest BCUT2D eigenvalue weighted by Crippen LogP contribution is 2.21. The van der Waals surface area contributed by atoms with E-state index in [4.69, 9.17) is 5.73 Å². The van der Waals surface area contributed by atoms with Crippen molar-refractivity contribution in [3.8, 4) is 0 Å². The minimum absolute atomic E-state index is 0. The van der Waals surface area contributed by atoms with Crippen molar-refractivity contribution in [2.75, 3.05) is 13.1 Å². The van der Waals surface area contributed by atoms with Crippen molar-refractivity contribution in [2.45, 2.75) is 39.7 Å². The molecule has 1 aromatic carbocycles. The van der Waals surface area contributed by atoms with Gasteiger partial charge in [0.05, 0.1) is 0 Å². The Morgan fingerprint density at radius 3 is 2.15 bits per heavy atom. The van der Waals surface area contributed by atoms with Crippen molar-refractivity contribution in [3.05, 3.63) is 34.9 Å². The summed E-state index contributed by atoms with van der Waals surface area (Å²) in [6.45, 7) is 7.79. The normalized spacial score (nSPS) is 17.5. The van der Waals surface area contributed by atoms with E-state index in [1.54, 1.807) is 0 Å². The van der Waals surface area contributed by atoms with Crippen molar-refractivity contribution in [1.82, 2.24) is 4.90 Å². The van der Waals surface area contributed by atoms with E-state index in [-0.39, 0.29) is 24.4 Å². The van der Waals surface area contributed by atoms with Crippen LogP contribution in [0.2, 0.25) is 0 Å². The molecule has 1 aromatic rings. The minimum Gasteiger partial charge on any atom is -0.339 e. The maximum atomic E-state index is 12.5. The minimum atomic E-state index is 0. The summed E-state index contributed by atoms with van der Waals surface area (Å²) < 4.78 is 0. The van der Waals surface area contributed by atoms with Crippen LogP contribution >= 0.6 is 12.4 Å². The van der Waals surface area contributed by atoms with Gasteiger partial charge >= 0.3 is 0 Å². The van der Waals surface area contributed by atoms with E-state index in [0.717, 1.165) is 42.6 Å². The molecule has 1 saturated heterocycles. The zero-order chi connectivity index (χ0) is 14.0. The molecule has 1 aliphatic rings. The number of likely N-dealkylation sites (tertiary alicyclic amines) is 1. The van der Waals surface area contributed by atoms with Crippen LogP contribution in [0.25, 0.3) is 0 Å². The van der Waals surface area contributed by atoms with E-state index in [2.05, 4.69) is 13.0 Å². The van der Waals surface area contributed by atoms with E-state index in [0.29, 0.717) is 5.92 Å². The first-order valence-corrected chi connectivity index (χ1v) is 7.10. The molecule has 0 bridgehead atoms. The third-order valence-corrected chi connectivity index (χ3v) is 4.04. The number of rotatable bonds is 2. The number of carbonyl (C=O) groups excluding carboxylic acids is 1. The van der Waals surface area contributed by atoms with Crippen LogP contribution in [0.3, 0.4) is 0 Å². The fourth-order valence-electron chi connectivity index (χ4n) is 2.91. The number of hydrogen-bond acceptors (Lipinski definition) is 2. The van der Waals surface area contributed by atoms with Gasteiger partial charge in [0.25, 0.3) is 5.91 Å². The Hall–Kier alpha value is -1.06. The van der Waals surface area contributed by atoms with Crippen LogP contribution in [0.1, 0.15) is 41.3 Å². The van der Waals surface area contributed by atoms with Gasteiger partial charge in [0.15, 0.2) is 0 Å². The van der Waals surface area contributed by atoms with E-state index < -0.39 is 0 Å². The summed E-state index contributed by atoms with van der Waals surface area (Å²) in [5.74, 6) is 0.721. The SMILES string of the molecule is Cc1cc(C)cc(C(=O)N2CCC(C(C)N)CC2)c1.Cl. The summed E-state index contributed by atoms with van der Waals surface area (Å²) in [7, 11) is 0. The van der Waals surface area contributed by atoms with Gasteiger partial charge in [0, 0.05) is 24.7 Å². The molecule has 0 radical (unpaired) electrons. The van der Waals surface area contributed by atoms with Gasteiger partial charge in [-0.2, -0.15) is 0 Å². The lowest BCUT2D eigenvalue weighted by Crippen LogP contribution is -2.42. The average molecular weight is 297 g/mol. The molecule has 4 heteroatoms. The van der Waals surface area contributed by atoms with E-state index in [1.807, 2.05) is 30.9 Å². The lowest BCUT2D eigenvalue weighted by molar-refractivity contribution is 0.0681. The largest absolute Gasteiger partial charge is 0.339 e. The Morgan fingerprint density at radius 2 is 1.70 bits per heavy atom. The highest BCUT2D eigenvalue weighted by molar-refractivity contribution is 5.94. The van der Waals surface area contributed by atoms with Crippen LogP contribution in [0.15, 0.2) is 18.2 Å². The number of nitrogens with two attached hydrogens (primary N) is 1. The van der Waals surface area contributed by atoms with Gasteiger partial charge in [-0.25, -0.2) is 0 Å². The summed E-state index contributed by atoms with van der Waals surface area (Å²) >= 11 is 0. The quantitative estimate of drug-likeness (QED) is 0.912. The summed E-state index contributed by atoms with van der Waals surface area (Å²) in [5.41, 5.74) is 9.05. The van der Waals surface area contributed by atoms with Gasteiger partial charge in [-0.05, 0) is 51.7 Å². The molecule has 0 aromatic heterocycles. The van der Waals surface area contributed by atoms with Crippen molar-refractivity contribution >= 4 is 18.3 Å². The standard InChI is InChI=1S/C16H24N2O.ClH/c1-11-8-12(2)10-15(9-11)16(19)18-6-4-14(5-7-18)13(3)17;/h8-10,13-14H,4-7,17H2,1-3H3;1H.